The van der Waals surface area contributed by atoms with Crippen LogP contribution >= 0.6 is 0 Å². The second-order valence-electron chi connectivity index (χ2n) is 6.75. The maximum atomic E-state index is 12.8. The smallest absolute Gasteiger partial charge is 0.274 e. The first-order valence-corrected chi connectivity index (χ1v) is 8.88. The molecule has 1 saturated heterocycles. The number of amides is 1. The van der Waals surface area contributed by atoms with E-state index in [2.05, 4.69) is 15.2 Å². The van der Waals surface area contributed by atoms with E-state index in [1.54, 1.807) is 6.20 Å². The van der Waals surface area contributed by atoms with Gasteiger partial charge in [-0.25, -0.2) is 4.98 Å². The highest BCUT2D eigenvalue weighted by atomic mass is 16.5. The van der Waals surface area contributed by atoms with Gasteiger partial charge in [0.25, 0.3) is 5.91 Å². The van der Waals surface area contributed by atoms with Crippen molar-refractivity contribution in [3.8, 4) is 0 Å². The van der Waals surface area contributed by atoms with Gasteiger partial charge in [0.05, 0.1) is 12.7 Å². The number of aromatic amines is 1. The van der Waals surface area contributed by atoms with Gasteiger partial charge >= 0.3 is 0 Å². The summed E-state index contributed by atoms with van der Waals surface area (Å²) in [6.45, 7) is 1.81. The third-order valence-electron chi connectivity index (χ3n) is 5.04. The number of carbonyl (C=O) groups is 1. The lowest BCUT2D eigenvalue weighted by Gasteiger charge is -2.32. The molecule has 7 heteroatoms. The van der Waals surface area contributed by atoms with Gasteiger partial charge in [-0.1, -0.05) is 0 Å². The molecule has 2 aromatic heterocycles. The van der Waals surface area contributed by atoms with Gasteiger partial charge in [0.15, 0.2) is 5.69 Å². The molecular weight excluding hydrogens is 318 g/mol. The second kappa shape index (κ2) is 6.84. The molecule has 3 N–H and O–H groups in total. The van der Waals surface area contributed by atoms with Crippen LogP contribution in [0.3, 0.4) is 0 Å². The number of nitrogen functional groups attached to an aromatic ring is 1. The van der Waals surface area contributed by atoms with Crippen LogP contribution in [0.4, 0.5) is 5.82 Å². The van der Waals surface area contributed by atoms with Gasteiger partial charge in [-0.15, -0.1) is 0 Å². The predicted octanol–water partition coefficient (Wildman–Crippen LogP) is 1.35. The van der Waals surface area contributed by atoms with E-state index in [0.29, 0.717) is 31.2 Å². The van der Waals surface area contributed by atoms with Crippen molar-refractivity contribution in [2.24, 2.45) is 0 Å². The largest absolute Gasteiger partial charge is 0.384 e. The number of hydrogen-bond donors (Lipinski definition) is 2. The Morgan fingerprint density at radius 2 is 2.36 bits per heavy atom. The van der Waals surface area contributed by atoms with Gasteiger partial charge in [0.2, 0.25) is 0 Å². The van der Waals surface area contributed by atoms with Crippen molar-refractivity contribution in [2.45, 2.75) is 38.2 Å². The van der Waals surface area contributed by atoms with Crippen molar-refractivity contribution in [3.05, 3.63) is 40.8 Å². The van der Waals surface area contributed by atoms with E-state index in [1.165, 1.54) is 0 Å². The molecule has 3 heterocycles. The van der Waals surface area contributed by atoms with Crippen LogP contribution in [0.25, 0.3) is 0 Å². The fourth-order valence-corrected chi connectivity index (χ4v) is 3.70. The molecule has 0 saturated carbocycles. The van der Waals surface area contributed by atoms with Crippen molar-refractivity contribution in [1.82, 2.24) is 20.1 Å². The molecular formula is C18H23N5O2. The minimum atomic E-state index is 0.0286. The Morgan fingerprint density at radius 3 is 3.24 bits per heavy atom. The molecule has 2 aliphatic rings. The van der Waals surface area contributed by atoms with Gasteiger partial charge < -0.3 is 15.4 Å². The lowest BCUT2D eigenvalue weighted by molar-refractivity contribution is -0.0248. The summed E-state index contributed by atoms with van der Waals surface area (Å²) >= 11 is 0. The topological polar surface area (TPSA) is 97.1 Å². The zero-order valence-corrected chi connectivity index (χ0v) is 14.2. The van der Waals surface area contributed by atoms with Crippen molar-refractivity contribution >= 4 is 11.7 Å². The lowest BCUT2D eigenvalue weighted by Crippen LogP contribution is -2.46. The third kappa shape index (κ3) is 3.37. The molecule has 0 spiro atoms. The summed E-state index contributed by atoms with van der Waals surface area (Å²) in [7, 11) is 0. The van der Waals surface area contributed by atoms with Crippen molar-refractivity contribution in [2.75, 3.05) is 25.4 Å². The summed E-state index contributed by atoms with van der Waals surface area (Å²) in [5.41, 5.74) is 9.71. The molecule has 0 bridgehead atoms. The minimum absolute atomic E-state index is 0.0286. The van der Waals surface area contributed by atoms with Crippen LogP contribution in [-0.2, 0) is 24.0 Å². The SMILES string of the molecule is Nc1cc(CC[C@H]2CN(C(=O)c3n[nH]c4c3CCC4)CCO2)ccn1. The van der Waals surface area contributed by atoms with Crippen LogP contribution in [-0.4, -0.2) is 51.8 Å². The maximum Gasteiger partial charge on any atom is 0.274 e. The molecule has 25 heavy (non-hydrogen) atoms. The molecule has 132 valence electrons. The van der Waals surface area contributed by atoms with E-state index in [4.69, 9.17) is 10.5 Å². The Bertz CT molecular complexity index is 773. The van der Waals surface area contributed by atoms with Crippen LogP contribution in [0, 0.1) is 0 Å². The molecule has 1 fully saturated rings. The molecule has 4 rings (SSSR count). The Labute approximate surface area is 146 Å². The quantitative estimate of drug-likeness (QED) is 0.875. The van der Waals surface area contributed by atoms with Crippen LogP contribution in [0.2, 0.25) is 0 Å². The summed E-state index contributed by atoms with van der Waals surface area (Å²) in [6, 6.07) is 3.86. The standard InChI is InChI=1S/C18H23N5O2/c19-16-10-12(6-7-20-16)4-5-13-11-23(8-9-25-13)18(24)17-14-2-1-3-15(14)21-22-17/h6-7,10,13H,1-5,8-9,11H2,(H2,19,20)(H,21,22)/t13-/m0/s1. The van der Waals surface area contributed by atoms with E-state index >= 15 is 0 Å². The van der Waals surface area contributed by atoms with Gasteiger partial charge in [0.1, 0.15) is 5.82 Å². The summed E-state index contributed by atoms with van der Waals surface area (Å²) in [5, 5.41) is 7.29. The molecule has 1 aliphatic carbocycles. The monoisotopic (exact) mass is 341 g/mol. The first-order valence-electron chi connectivity index (χ1n) is 8.88. The molecule has 0 aromatic carbocycles. The van der Waals surface area contributed by atoms with Crippen molar-refractivity contribution in [3.63, 3.8) is 0 Å². The highest BCUT2D eigenvalue weighted by Crippen LogP contribution is 2.24. The molecule has 0 radical (unpaired) electrons. The molecule has 7 nitrogen and oxygen atoms in total. The molecule has 1 atom stereocenters. The number of carbonyl (C=O) groups excluding carboxylic acids is 1. The third-order valence-corrected chi connectivity index (χ3v) is 5.04. The molecule has 1 aliphatic heterocycles. The zero-order valence-electron chi connectivity index (χ0n) is 14.2. The Hall–Kier alpha value is -2.41. The Balaban J connectivity index is 1.38. The number of H-pyrrole nitrogens is 1. The maximum absolute atomic E-state index is 12.8. The first-order chi connectivity index (χ1) is 12.2. The predicted molar refractivity (Wildman–Crippen MR) is 93.2 cm³/mol. The van der Waals surface area contributed by atoms with Gasteiger partial charge in [0, 0.05) is 30.5 Å². The number of anilines is 1. The molecule has 1 amide bonds. The van der Waals surface area contributed by atoms with Crippen LogP contribution in [0.15, 0.2) is 18.3 Å². The summed E-state index contributed by atoms with van der Waals surface area (Å²) in [4.78, 5) is 18.7. The van der Waals surface area contributed by atoms with E-state index in [0.717, 1.165) is 48.9 Å². The number of nitrogens with two attached hydrogens (primary N) is 1. The van der Waals surface area contributed by atoms with Crippen LogP contribution < -0.4 is 5.73 Å². The fraction of sp³-hybridized carbons (Fsp3) is 0.500. The lowest BCUT2D eigenvalue weighted by atomic mass is 10.1. The minimum Gasteiger partial charge on any atom is -0.384 e. The normalized spacial score (nSPS) is 19.8. The van der Waals surface area contributed by atoms with Crippen LogP contribution in [0.1, 0.15) is 40.2 Å². The van der Waals surface area contributed by atoms with Gasteiger partial charge in [-0.2, -0.15) is 5.10 Å². The van der Waals surface area contributed by atoms with Crippen molar-refractivity contribution in [1.29, 1.82) is 0 Å². The summed E-state index contributed by atoms with van der Waals surface area (Å²) in [6.07, 6.45) is 6.52. The number of morpholine rings is 1. The number of rotatable bonds is 4. The number of pyridine rings is 1. The molecule has 0 unspecified atom stereocenters. The Morgan fingerprint density at radius 1 is 1.44 bits per heavy atom. The number of ether oxygens (including phenoxy) is 1. The van der Waals surface area contributed by atoms with E-state index < -0.39 is 0 Å². The van der Waals surface area contributed by atoms with Crippen LogP contribution in [0.5, 0.6) is 0 Å². The molecule has 2 aromatic rings. The number of nitrogens with one attached hydrogen (secondary N) is 1. The number of hydrogen-bond acceptors (Lipinski definition) is 5. The first kappa shape index (κ1) is 16.1. The summed E-state index contributed by atoms with van der Waals surface area (Å²) in [5.74, 6) is 0.562. The second-order valence-corrected chi connectivity index (χ2v) is 6.75. The highest BCUT2D eigenvalue weighted by molar-refractivity contribution is 5.94. The average Bonchev–Trinajstić information content (AvgIpc) is 3.23. The van der Waals surface area contributed by atoms with Crippen molar-refractivity contribution < 1.29 is 9.53 Å². The van der Waals surface area contributed by atoms with E-state index in [9.17, 15) is 4.79 Å². The highest BCUT2D eigenvalue weighted by Gasteiger charge is 2.30. The van der Waals surface area contributed by atoms with E-state index in [1.807, 2.05) is 17.0 Å². The number of fused-ring (bicyclic) bond motifs is 1. The van der Waals surface area contributed by atoms with E-state index in [-0.39, 0.29) is 12.0 Å². The van der Waals surface area contributed by atoms with Gasteiger partial charge in [-0.3, -0.25) is 9.89 Å². The van der Waals surface area contributed by atoms with Gasteiger partial charge in [-0.05, 0) is 49.8 Å². The summed E-state index contributed by atoms with van der Waals surface area (Å²) < 4.78 is 5.85. The fourth-order valence-electron chi connectivity index (χ4n) is 3.70. The number of nitrogens with zero attached hydrogens (tertiary/aromatic N) is 3. The number of aromatic nitrogens is 3. The Kier molecular flexibility index (Phi) is 4.40. The zero-order chi connectivity index (χ0) is 17.2. The average molecular weight is 341 g/mol. The number of aryl methyl sites for hydroxylation is 2.